The van der Waals surface area contributed by atoms with E-state index in [-0.39, 0.29) is 17.5 Å². The van der Waals surface area contributed by atoms with Gasteiger partial charge in [-0.2, -0.15) is 0 Å². The van der Waals surface area contributed by atoms with E-state index in [2.05, 4.69) is 20.6 Å². The Hall–Kier alpha value is -3.87. The van der Waals surface area contributed by atoms with E-state index in [0.29, 0.717) is 5.56 Å². The largest absolute Gasteiger partial charge is 0.352 e. The number of benzene rings is 1. The van der Waals surface area contributed by atoms with E-state index in [1.165, 1.54) is 0 Å². The second-order valence-corrected chi connectivity index (χ2v) is 7.03. The van der Waals surface area contributed by atoms with Crippen molar-refractivity contribution in [2.45, 2.75) is 19.9 Å². The van der Waals surface area contributed by atoms with Gasteiger partial charge in [0.25, 0.3) is 5.91 Å². The highest BCUT2D eigenvalue weighted by Crippen LogP contribution is 2.27. The lowest BCUT2D eigenvalue weighted by atomic mass is 10.1. The van der Waals surface area contributed by atoms with Gasteiger partial charge in [-0.25, -0.2) is 4.98 Å². The fourth-order valence-corrected chi connectivity index (χ4v) is 3.16. The molecule has 0 saturated carbocycles. The molecule has 29 heavy (non-hydrogen) atoms. The molecule has 7 nitrogen and oxygen atoms in total. The molecule has 0 unspecified atom stereocenters. The van der Waals surface area contributed by atoms with Crippen molar-refractivity contribution in [1.82, 2.24) is 19.7 Å². The van der Waals surface area contributed by atoms with Crippen LogP contribution >= 0.6 is 0 Å². The summed E-state index contributed by atoms with van der Waals surface area (Å²) in [5.41, 5.74) is 4.55. The van der Waals surface area contributed by atoms with Crippen LogP contribution in [0, 0.1) is 0 Å². The first-order valence-corrected chi connectivity index (χ1v) is 9.34. The lowest BCUT2D eigenvalue weighted by Gasteiger charge is -2.12. The van der Waals surface area contributed by atoms with E-state index in [4.69, 9.17) is 0 Å². The molecule has 0 fully saturated rings. The number of carbonyl (C=O) groups is 1. The van der Waals surface area contributed by atoms with Crippen LogP contribution in [0.15, 0.2) is 71.9 Å². The fourth-order valence-electron chi connectivity index (χ4n) is 3.16. The molecule has 0 spiro atoms. The van der Waals surface area contributed by atoms with Gasteiger partial charge in [0.15, 0.2) is 5.65 Å². The summed E-state index contributed by atoms with van der Waals surface area (Å²) in [6.07, 6.45) is 5.20. The molecular formula is C22H21N5O2. The van der Waals surface area contributed by atoms with Crippen molar-refractivity contribution in [1.29, 1.82) is 0 Å². The van der Waals surface area contributed by atoms with Crippen LogP contribution in [-0.4, -0.2) is 26.3 Å². The molecule has 0 aliphatic rings. The quantitative estimate of drug-likeness (QED) is 0.488. The van der Waals surface area contributed by atoms with Crippen molar-refractivity contribution in [2.75, 3.05) is 5.32 Å². The van der Waals surface area contributed by atoms with Crippen LogP contribution in [0.5, 0.6) is 0 Å². The van der Waals surface area contributed by atoms with E-state index >= 15 is 0 Å². The van der Waals surface area contributed by atoms with Crippen LogP contribution < -0.4 is 16.2 Å². The zero-order chi connectivity index (χ0) is 20.4. The highest BCUT2D eigenvalue weighted by atomic mass is 16.1. The molecular weight excluding hydrogens is 366 g/mol. The summed E-state index contributed by atoms with van der Waals surface area (Å²) >= 11 is 0. The van der Waals surface area contributed by atoms with Crippen molar-refractivity contribution in [3.05, 3.63) is 83.0 Å². The van der Waals surface area contributed by atoms with Crippen molar-refractivity contribution in [3.8, 4) is 11.3 Å². The predicted octanol–water partition coefficient (Wildman–Crippen LogP) is 3.57. The third-order valence-corrected chi connectivity index (χ3v) is 4.47. The molecule has 4 aromatic rings. The Kier molecular flexibility index (Phi) is 4.87. The molecule has 3 aromatic heterocycles. The second-order valence-electron chi connectivity index (χ2n) is 7.03. The summed E-state index contributed by atoms with van der Waals surface area (Å²) in [6.45, 7) is 3.86. The van der Waals surface area contributed by atoms with Crippen LogP contribution in [0.1, 0.15) is 24.2 Å². The minimum atomic E-state index is -0.153. The molecule has 4 rings (SSSR count). The number of imidazole rings is 1. The van der Waals surface area contributed by atoms with Gasteiger partial charge in [0.05, 0.1) is 11.4 Å². The molecule has 0 radical (unpaired) electrons. The first-order chi connectivity index (χ1) is 14.0. The fraction of sp³-hybridized carbons (Fsp3) is 0.136. The summed E-state index contributed by atoms with van der Waals surface area (Å²) in [5.74, 6) is -0.0931. The van der Waals surface area contributed by atoms with E-state index < -0.39 is 0 Å². The second kappa shape index (κ2) is 7.63. The molecule has 146 valence electrons. The number of nitrogens with one attached hydrogen (secondary N) is 3. The molecule has 0 bridgehead atoms. The number of carbonyl (C=O) groups excluding carboxylic acids is 1. The third kappa shape index (κ3) is 3.89. The maximum absolute atomic E-state index is 12.1. The number of pyridine rings is 2. The molecule has 0 saturated heterocycles. The van der Waals surface area contributed by atoms with Crippen molar-refractivity contribution in [2.24, 2.45) is 0 Å². The predicted molar refractivity (Wildman–Crippen MR) is 114 cm³/mol. The average Bonchev–Trinajstić information content (AvgIpc) is 3.18. The standard InChI is InChI=1S/C22H21N5O2/c1-14(2)25-22(29)15-3-5-17(6-4-15)26-18-7-8-19(27-12-11-24-21(18)27)16-9-10-23-20(28)13-16/h3-14,26H,1-2H3,(H,23,28)(H,25,29). The molecule has 3 N–H and O–H groups in total. The number of amides is 1. The molecule has 3 heterocycles. The summed E-state index contributed by atoms with van der Waals surface area (Å²) in [4.78, 5) is 30.8. The zero-order valence-electron chi connectivity index (χ0n) is 16.1. The van der Waals surface area contributed by atoms with Gasteiger partial charge >= 0.3 is 0 Å². The van der Waals surface area contributed by atoms with Crippen LogP contribution in [0.2, 0.25) is 0 Å². The minimum Gasteiger partial charge on any atom is -0.352 e. The SMILES string of the molecule is CC(C)NC(=O)c1ccc(Nc2ccc(-c3cc[nH]c(=O)c3)n3ccnc23)cc1. The monoisotopic (exact) mass is 387 g/mol. The molecule has 1 aromatic carbocycles. The lowest BCUT2D eigenvalue weighted by molar-refractivity contribution is 0.0943. The van der Waals surface area contributed by atoms with Gasteiger partial charge in [-0.15, -0.1) is 0 Å². The topological polar surface area (TPSA) is 91.3 Å². The zero-order valence-corrected chi connectivity index (χ0v) is 16.1. The number of anilines is 2. The van der Waals surface area contributed by atoms with Gasteiger partial charge in [0.1, 0.15) is 0 Å². The van der Waals surface area contributed by atoms with Gasteiger partial charge in [0.2, 0.25) is 5.56 Å². The van der Waals surface area contributed by atoms with Gasteiger partial charge in [-0.05, 0) is 56.3 Å². The number of aromatic amines is 1. The van der Waals surface area contributed by atoms with Crippen LogP contribution in [0.25, 0.3) is 16.9 Å². The van der Waals surface area contributed by atoms with Gasteiger partial charge in [0, 0.05) is 47.5 Å². The molecule has 7 heteroatoms. The first kappa shape index (κ1) is 18.5. The number of fused-ring (bicyclic) bond motifs is 1. The highest BCUT2D eigenvalue weighted by Gasteiger charge is 2.10. The van der Waals surface area contributed by atoms with Crippen LogP contribution in [0.3, 0.4) is 0 Å². The number of hydrogen-bond donors (Lipinski definition) is 3. The minimum absolute atomic E-state index is 0.0905. The van der Waals surface area contributed by atoms with Crippen molar-refractivity contribution < 1.29 is 4.79 Å². The summed E-state index contributed by atoms with van der Waals surface area (Å²) in [5, 5.41) is 6.22. The van der Waals surface area contributed by atoms with E-state index in [1.54, 1.807) is 30.6 Å². The molecule has 0 atom stereocenters. The maximum atomic E-state index is 12.1. The molecule has 0 aliphatic carbocycles. The van der Waals surface area contributed by atoms with E-state index in [9.17, 15) is 9.59 Å². The summed E-state index contributed by atoms with van der Waals surface area (Å²) < 4.78 is 1.93. The highest BCUT2D eigenvalue weighted by molar-refractivity contribution is 5.94. The lowest BCUT2D eigenvalue weighted by Crippen LogP contribution is -2.29. The van der Waals surface area contributed by atoms with Crippen LogP contribution in [0.4, 0.5) is 11.4 Å². The Morgan fingerprint density at radius 2 is 1.90 bits per heavy atom. The summed E-state index contributed by atoms with van der Waals surface area (Å²) in [7, 11) is 0. The smallest absolute Gasteiger partial charge is 0.251 e. The van der Waals surface area contributed by atoms with E-state index in [1.807, 2.05) is 54.8 Å². The molecule has 0 aliphatic heterocycles. The Labute approximate surface area is 167 Å². The Morgan fingerprint density at radius 3 is 2.62 bits per heavy atom. The number of nitrogens with zero attached hydrogens (tertiary/aromatic N) is 2. The van der Waals surface area contributed by atoms with Gasteiger partial charge < -0.3 is 15.6 Å². The van der Waals surface area contributed by atoms with Crippen molar-refractivity contribution >= 4 is 22.9 Å². The summed E-state index contributed by atoms with van der Waals surface area (Å²) in [6, 6.07) is 14.7. The number of H-pyrrole nitrogens is 1. The molecule has 1 amide bonds. The Balaban J connectivity index is 1.63. The van der Waals surface area contributed by atoms with Gasteiger partial charge in [-0.3, -0.25) is 14.0 Å². The normalized spacial score (nSPS) is 11.0. The Morgan fingerprint density at radius 1 is 1.10 bits per heavy atom. The van der Waals surface area contributed by atoms with Crippen LogP contribution in [-0.2, 0) is 0 Å². The Bertz CT molecular complexity index is 1220. The average molecular weight is 387 g/mol. The number of aromatic nitrogens is 3. The number of rotatable bonds is 5. The third-order valence-electron chi connectivity index (χ3n) is 4.47. The first-order valence-electron chi connectivity index (χ1n) is 9.34. The van der Waals surface area contributed by atoms with Gasteiger partial charge in [-0.1, -0.05) is 0 Å². The van der Waals surface area contributed by atoms with E-state index in [0.717, 1.165) is 28.3 Å². The maximum Gasteiger partial charge on any atom is 0.251 e. The van der Waals surface area contributed by atoms with Crippen molar-refractivity contribution in [3.63, 3.8) is 0 Å². The number of hydrogen-bond acceptors (Lipinski definition) is 4.